The van der Waals surface area contributed by atoms with E-state index in [0.717, 1.165) is 28.7 Å². The number of nitrogens with two attached hydrogens (primary N) is 2. The van der Waals surface area contributed by atoms with Gasteiger partial charge >= 0.3 is 0 Å². The summed E-state index contributed by atoms with van der Waals surface area (Å²) < 4.78 is 39.2. The molecule has 13 heteroatoms. The van der Waals surface area contributed by atoms with Crippen LogP contribution in [0.1, 0.15) is 78.8 Å². The topological polar surface area (TPSA) is 204 Å². The summed E-state index contributed by atoms with van der Waals surface area (Å²) in [6, 6.07) is 32.2. The van der Waals surface area contributed by atoms with Crippen molar-refractivity contribution in [2.75, 3.05) is 26.9 Å². The predicted octanol–water partition coefficient (Wildman–Crippen LogP) is 5.78. The highest BCUT2D eigenvalue weighted by atomic mass is 32.2. The first-order chi connectivity index (χ1) is 28.4. The van der Waals surface area contributed by atoms with Crippen molar-refractivity contribution in [1.82, 2.24) is 10.0 Å². The standard InChI is InChI=1S/C37H43N5O4S.C9H18O3/c38-24-31-15-7-14-30(21-31)22-33(37(44)41-25-28-17-19-32(20-18-28)36(39)40)23-35(43)34(16-8-13-27-9-3-1-4-10-27)42-47(45,46)26-29-11-5-2-6-12-29;1-3-4-9(10)5-6-12-8-7-11-2/h1-7,9-12,14-15,17-21,33-34,42H,8,13,16,22-26,38H2,(H3,39,40)(H,41,44);3-8H2,1-2H3/t33-,34-;/m1./s1. The molecule has 59 heavy (non-hydrogen) atoms. The molecule has 0 aliphatic heterocycles. The average Bonchev–Trinajstić information content (AvgIpc) is 3.23. The third-order valence-electron chi connectivity index (χ3n) is 9.46. The quantitative estimate of drug-likeness (QED) is 0.0295. The SMILES string of the molecule is CCCC(=O)CCOCCOC.N=C(N)c1ccc(CNC(=O)[C@@H](CC(=O)[C@@H](CCCc2ccccc2)NS(=O)(=O)Cc2ccccc2)Cc2cccc(CN)c2)cc1. The van der Waals surface area contributed by atoms with Gasteiger partial charge in [-0.1, -0.05) is 116 Å². The van der Waals surface area contributed by atoms with Gasteiger partial charge in [-0.15, -0.1) is 0 Å². The first kappa shape index (κ1) is 48.3. The number of nitrogens with one attached hydrogen (secondary N) is 3. The van der Waals surface area contributed by atoms with Crippen molar-refractivity contribution in [3.63, 3.8) is 0 Å². The van der Waals surface area contributed by atoms with Gasteiger partial charge in [-0.05, 0) is 59.9 Å². The van der Waals surface area contributed by atoms with Crippen LogP contribution in [0.4, 0.5) is 0 Å². The van der Waals surface area contributed by atoms with Crippen LogP contribution in [0.3, 0.4) is 0 Å². The molecule has 0 spiro atoms. The highest BCUT2D eigenvalue weighted by Crippen LogP contribution is 2.19. The maximum atomic E-state index is 14.0. The largest absolute Gasteiger partial charge is 0.384 e. The second kappa shape index (κ2) is 26.9. The van der Waals surface area contributed by atoms with Gasteiger partial charge in [0.2, 0.25) is 15.9 Å². The van der Waals surface area contributed by atoms with E-state index in [2.05, 4.69) is 10.0 Å². The van der Waals surface area contributed by atoms with Gasteiger partial charge < -0.3 is 26.3 Å². The van der Waals surface area contributed by atoms with Crippen molar-refractivity contribution in [3.8, 4) is 0 Å². The summed E-state index contributed by atoms with van der Waals surface area (Å²) >= 11 is 0. The number of ether oxygens (including phenoxy) is 2. The van der Waals surface area contributed by atoms with Crippen LogP contribution in [0.5, 0.6) is 0 Å². The molecule has 0 fully saturated rings. The third-order valence-corrected chi connectivity index (χ3v) is 10.8. The van der Waals surface area contributed by atoms with E-state index in [1.165, 1.54) is 0 Å². The maximum Gasteiger partial charge on any atom is 0.224 e. The number of benzene rings is 4. The Kier molecular flexibility index (Phi) is 22.0. The molecule has 0 saturated carbocycles. The summed E-state index contributed by atoms with van der Waals surface area (Å²) in [5, 5.41) is 10.5. The molecule has 0 saturated heterocycles. The molecule has 7 N–H and O–H groups in total. The zero-order valence-electron chi connectivity index (χ0n) is 34.4. The summed E-state index contributed by atoms with van der Waals surface area (Å²) in [6.07, 6.45) is 3.83. The molecule has 4 rings (SSSR count). The molecule has 0 aromatic heterocycles. The number of methoxy groups -OCH3 is 1. The van der Waals surface area contributed by atoms with Crippen molar-refractivity contribution in [2.24, 2.45) is 17.4 Å². The highest BCUT2D eigenvalue weighted by Gasteiger charge is 2.29. The van der Waals surface area contributed by atoms with Gasteiger partial charge in [0, 0.05) is 50.9 Å². The molecular weight excluding hydrogens is 767 g/mol. The normalized spacial score (nSPS) is 12.1. The Morgan fingerprint density at radius 2 is 1.42 bits per heavy atom. The number of rotatable bonds is 26. The lowest BCUT2D eigenvalue weighted by Gasteiger charge is -2.22. The zero-order chi connectivity index (χ0) is 42.9. The molecule has 1 amide bonds. The number of hydrogen-bond donors (Lipinski definition) is 5. The van der Waals surface area contributed by atoms with Gasteiger partial charge in [-0.3, -0.25) is 19.8 Å². The Hall–Kier alpha value is -5.05. The number of sulfonamides is 1. The number of ketones is 2. The third kappa shape index (κ3) is 19.5. The van der Waals surface area contributed by atoms with Crippen LogP contribution >= 0.6 is 0 Å². The van der Waals surface area contributed by atoms with Crippen LogP contribution in [-0.2, 0) is 65.6 Å². The molecule has 0 unspecified atom stereocenters. The van der Waals surface area contributed by atoms with E-state index in [1.807, 2.05) is 67.6 Å². The Morgan fingerprint density at radius 3 is 2.05 bits per heavy atom. The summed E-state index contributed by atoms with van der Waals surface area (Å²) in [5.41, 5.74) is 16.3. The molecular formula is C46H61N5O7S. The lowest BCUT2D eigenvalue weighted by Crippen LogP contribution is -2.43. The fourth-order valence-electron chi connectivity index (χ4n) is 6.27. The molecule has 0 heterocycles. The summed E-state index contributed by atoms with van der Waals surface area (Å²) in [6.45, 7) is 4.27. The fraction of sp³-hybridized carbons (Fsp3) is 0.391. The summed E-state index contributed by atoms with van der Waals surface area (Å²) in [4.78, 5) is 38.6. The molecule has 12 nitrogen and oxygen atoms in total. The second-order valence-corrected chi connectivity index (χ2v) is 16.1. The van der Waals surface area contributed by atoms with Crippen LogP contribution < -0.4 is 21.5 Å². The molecule has 318 valence electrons. The molecule has 2 atom stereocenters. The predicted molar refractivity (Wildman–Crippen MR) is 233 cm³/mol. The number of carbonyl (C=O) groups excluding carboxylic acids is 3. The second-order valence-electron chi connectivity index (χ2n) is 14.4. The minimum atomic E-state index is -3.86. The van der Waals surface area contributed by atoms with Crippen LogP contribution in [-0.4, -0.2) is 64.7 Å². The zero-order valence-corrected chi connectivity index (χ0v) is 35.2. The fourth-order valence-corrected chi connectivity index (χ4v) is 7.67. The first-order valence-corrected chi connectivity index (χ1v) is 21.8. The number of nitrogen functional groups attached to an aromatic ring is 1. The monoisotopic (exact) mass is 827 g/mol. The number of Topliss-reactive ketones (excluding diaryl/α,β-unsaturated/α-hetero) is 2. The van der Waals surface area contributed by atoms with E-state index < -0.39 is 22.0 Å². The van der Waals surface area contributed by atoms with E-state index in [-0.39, 0.29) is 48.4 Å². The van der Waals surface area contributed by atoms with Gasteiger partial charge in [-0.2, -0.15) is 0 Å². The minimum absolute atomic E-state index is 0.0448. The van der Waals surface area contributed by atoms with Gasteiger partial charge in [0.1, 0.15) is 11.6 Å². The lowest BCUT2D eigenvalue weighted by molar-refractivity contribution is -0.130. The van der Waals surface area contributed by atoms with E-state index in [0.29, 0.717) is 69.6 Å². The Labute approximate surface area is 350 Å². The molecule has 0 aliphatic rings. The number of aryl methyl sites for hydroxylation is 1. The molecule has 4 aromatic carbocycles. The van der Waals surface area contributed by atoms with E-state index in [1.54, 1.807) is 55.6 Å². The van der Waals surface area contributed by atoms with Crippen LogP contribution in [0.15, 0.2) is 109 Å². The minimum Gasteiger partial charge on any atom is -0.384 e. The van der Waals surface area contributed by atoms with Crippen molar-refractivity contribution < 1.29 is 32.3 Å². The highest BCUT2D eigenvalue weighted by molar-refractivity contribution is 7.88. The Balaban J connectivity index is 0.000000671. The van der Waals surface area contributed by atoms with Crippen molar-refractivity contribution in [1.29, 1.82) is 5.41 Å². The molecule has 0 bridgehead atoms. The number of hydrogen-bond acceptors (Lipinski definition) is 9. The number of amides is 1. The first-order valence-electron chi connectivity index (χ1n) is 20.1. The van der Waals surface area contributed by atoms with Gasteiger partial charge in [-0.25, -0.2) is 13.1 Å². The summed E-state index contributed by atoms with van der Waals surface area (Å²) in [7, 11) is -2.23. The molecule has 4 aromatic rings. The maximum absolute atomic E-state index is 14.0. The number of carbonyl (C=O) groups is 3. The Bertz CT molecular complexity index is 1980. The number of amidine groups is 1. The average molecular weight is 828 g/mol. The van der Waals surface area contributed by atoms with Crippen LogP contribution in [0.2, 0.25) is 0 Å². The van der Waals surface area contributed by atoms with E-state index >= 15 is 0 Å². The lowest BCUT2D eigenvalue weighted by atomic mass is 9.89. The van der Waals surface area contributed by atoms with Crippen LogP contribution in [0, 0.1) is 11.3 Å². The molecule has 0 aliphatic carbocycles. The van der Waals surface area contributed by atoms with Crippen molar-refractivity contribution >= 4 is 33.3 Å². The Morgan fingerprint density at radius 1 is 0.780 bits per heavy atom. The summed E-state index contributed by atoms with van der Waals surface area (Å²) in [5.74, 6) is -1.42. The molecule has 0 radical (unpaired) electrons. The van der Waals surface area contributed by atoms with Gasteiger partial charge in [0.05, 0.1) is 31.6 Å². The smallest absolute Gasteiger partial charge is 0.224 e. The van der Waals surface area contributed by atoms with Crippen LogP contribution in [0.25, 0.3) is 0 Å². The van der Waals surface area contributed by atoms with Gasteiger partial charge in [0.15, 0.2) is 5.78 Å². The van der Waals surface area contributed by atoms with E-state index in [9.17, 15) is 22.8 Å². The van der Waals surface area contributed by atoms with Crippen molar-refractivity contribution in [2.45, 2.75) is 83.2 Å². The van der Waals surface area contributed by atoms with Crippen molar-refractivity contribution in [3.05, 3.63) is 143 Å². The van der Waals surface area contributed by atoms with E-state index in [4.69, 9.17) is 26.4 Å². The van der Waals surface area contributed by atoms with Gasteiger partial charge in [0.25, 0.3) is 0 Å².